The summed E-state index contributed by atoms with van der Waals surface area (Å²) in [5, 5.41) is 0. The van der Waals surface area contributed by atoms with Crippen molar-refractivity contribution < 1.29 is 18.7 Å². The van der Waals surface area contributed by atoms with Crippen molar-refractivity contribution in [2.75, 3.05) is 46.4 Å². The molecule has 0 aromatic carbocycles. The first-order valence-corrected chi connectivity index (χ1v) is 10.1. The molecular weight excluding hydrogens is 346 g/mol. The number of piperidine rings is 1. The molecule has 0 aliphatic carbocycles. The summed E-state index contributed by atoms with van der Waals surface area (Å²) in [5.41, 5.74) is 0. The van der Waals surface area contributed by atoms with Crippen LogP contribution in [0.5, 0.6) is 0 Å². The summed E-state index contributed by atoms with van der Waals surface area (Å²) in [4.78, 5) is 31.8. The van der Waals surface area contributed by atoms with Gasteiger partial charge in [-0.3, -0.25) is 14.5 Å². The lowest BCUT2D eigenvalue weighted by Crippen LogP contribution is -2.49. The Morgan fingerprint density at radius 1 is 1.22 bits per heavy atom. The summed E-state index contributed by atoms with van der Waals surface area (Å²) < 4.78 is 11.0. The zero-order valence-corrected chi connectivity index (χ0v) is 16.1. The van der Waals surface area contributed by atoms with Gasteiger partial charge in [-0.25, -0.2) is 0 Å². The van der Waals surface area contributed by atoms with Crippen molar-refractivity contribution in [3.8, 4) is 0 Å². The van der Waals surface area contributed by atoms with Crippen LogP contribution in [-0.4, -0.2) is 79.0 Å². The van der Waals surface area contributed by atoms with Crippen molar-refractivity contribution in [1.82, 2.24) is 14.7 Å². The van der Waals surface area contributed by atoms with Gasteiger partial charge in [0.05, 0.1) is 19.1 Å². The fraction of sp³-hybridized carbons (Fsp3) is 0.700. The summed E-state index contributed by atoms with van der Waals surface area (Å²) in [6.45, 7) is 5.15. The Morgan fingerprint density at radius 3 is 2.81 bits per heavy atom. The van der Waals surface area contributed by atoms with Gasteiger partial charge < -0.3 is 19.0 Å². The first kappa shape index (κ1) is 18.5. The molecule has 2 atom stereocenters. The Kier molecular flexibility index (Phi) is 5.50. The molecule has 5 heterocycles. The Bertz CT molecular complexity index is 683. The largest absolute Gasteiger partial charge is 0.455 e. The number of amides is 2. The van der Waals surface area contributed by atoms with Gasteiger partial charge in [0.2, 0.25) is 5.91 Å². The van der Waals surface area contributed by atoms with Crippen LogP contribution in [0, 0.1) is 5.92 Å². The van der Waals surface area contributed by atoms with E-state index in [9.17, 15) is 9.59 Å². The molecule has 0 N–H and O–H groups in total. The highest BCUT2D eigenvalue weighted by Crippen LogP contribution is 2.30. The van der Waals surface area contributed by atoms with Crippen LogP contribution >= 0.6 is 0 Å². The van der Waals surface area contributed by atoms with Crippen molar-refractivity contribution in [3.05, 3.63) is 23.7 Å². The monoisotopic (exact) mass is 375 g/mol. The van der Waals surface area contributed by atoms with Crippen LogP contribution in [0.4, 0.5) is 0 Å². The number of nitrogens with zero attached hydrogens (tertiary/aromatic N) is 3. The first-order valence-electron chi connectivity index (χ1n) is 10.1. The van der Waals surface area contributed by atoms with E-state index in [1.807, 2.05) is 15.9 Å². The van der Waals surface area contributed by atoms with Crippen LogP contribution < -0.4 is 0 Å². The minimum absolute atomic E-state index is 0.0781. The highest BCUT2D eigenvalue weighted by molar-refractivity contribution is 5.92. The number of hydrogen-bond acceptors (Lipinski definition) is 5. The molecule has 7 heteroatoms. The Labute approximate surface area is 160 Å². The fourth-order valence-corrected chi connectivity index (χ4v) is 4.58. The molecule has 148 valence electrons. The summed E-state index contributed by atoms with van der Waals surface area (Å²) >= 11 is 0. The van der Waals surface area contributed by atoms with Crippen molar-refractivity contribution >= 4 is 11.8 Å². The van der Waals surface area contributed by atoms with Gasteiger partial charge >= 0.3 is 0 Å². The lowest BCUT2D eigenvalue weighted by atomic mass is 9.94. The molecule has 0 spiro atoms. The lowest BCUT2D eigenvalue weighted by Gasteiger charge is -2.35. The lowest BCUT2D eigenvalue weighted by molar-refractivity contribution is -0.140. The number of likely N-dealkylation sites (tertiary alicyclic amines) is 1. The predicted octanol–water partition coefficient (Wildman–Crippen LogP) is 1.58. The molecule has 1 aromatic heterocycles. The Morgan fingerprint density at radius 2 is 2.04 bits per heavy atom. The van der Waals surface area contributed by atoms with Crippen molar-refractivity contribution in [2.24, 2.45) is 5.92 Å². The molecule has 2 amide bonds. The van der Waals surface area contributed by atoms with Crippen LogP contribution in [-0.2, 0) is 16.1 Å². The highest BCUT2D eigenvalue weighted by atomic mass is 16.5. The van der Waals surface area contributed by atoms with Gasteiger partial charge in [-0.2, -0.15) is 0 Å². The first-order chi connectivity index (χ1) is 13.2. The van der Waals surface area contributed by atoms with E-state index in [0.29, 0.717) is 32.0 Å². The van der Waals surface area contributed by atoms with Crippen molar-refractivity contribution in [3.63, 3.8) is 0 Å². The van der Waals surface area contributed by atoms with Gasteiger partial charge in [0.1, 0.15) is 5.76 Å². The topological polar surface area (TPSA) is 66.2 Å². The number of carbonyl (C=O) groups is 2. The number of rotatable bonds is 6. The van der Waals surface area contributed by atoms with Crippen LogP contribution in [0.2, 0.25) is 0 Å². The highest BCUT2D eigenvalue weighted by Gasteiger charge is 2.42. The van der Waals surface area contributed by atoms with Crippen LogP contribution in [0.25, 0.3) is 0 Å². The van der Waals surface area contributed by atoms with E-state index in [1.54, 1.807) is 13.2 Å². The van der Waals surface area contributed by atoms with Gasteiger partial charge in [-0.05, 0) is 50.9 Å². The quantitative estimate of drug-likeness (QED) is 0.755. The maximum atomic E-state index is 13.0. The molecule has 2 bridgehead atoms. The third kappa shape index (κ3) is 3.89. The maximum absolute atomic E-state index is 13.0. The minimum atomic E-state index is -0.108. The van der Waals surface area contributed by atoms with Gasteiger partial charge in [0, 0.05) is 32.8 Å². The SMILES string of the molecule is COCCN1C(=O)C2CCC1CN(C(=O)c1ccc(CN3CCCC3)o1)C2. The second kappa shape index (κ2) is 8.02. The molecule has 5 rings (SSSR count). The summed E-state index contributed by atoms with van der Waals surface area (Å²) in [7, 11) is 1.65. The molecular formula is C20H29N3O4. The molecule has 0 saturated carbocycles. The minimum Gasteiger partial charge on any atom is -0.455 e. The standard InChI is InChI=1S/C20H29N3O4/c1-26-11-10-23-16-5-4-15(19(23)24)12-22(13-16)20(25)18-7-6-17(27-18)14-21-8-2-3-9-21/h6-7,15-16H,2-5,8-14H2,1H3. The number of methoxy groups -OCH3 is 1. The zero-order valence-electron chi connectivity index (χ0n) is 16.1. The van der Waals surface area contributed by atoms with Crippen LogP contribution in [0.3, 0.4) is 0 Å². The number of fused-ring (bicyclic) bond motifs is 4. The van der Waals surface area contributed by atoms with E-state index < -0.39 is 0 Å². The van der Waals surface area contributed by atoms with Crippen molar-refractivity contribution in [2.45, 2.75) is 38.3 Å². The average molecular weight is 375 g/mol. The van der Waals surface area contributed by atoms with Gasteiger partial charge in [0.15, 0.2) is 5.76 Å². The van der Waals surface area contributed by atoms with Crippen LogP contribution in [0.15, 0.2) is 16.5 Å². The molecule has 7 nitrogen and oxygen atoms in total. The molecule has 4 fully saturated rings. The molecule has 4 aliphatic heterocycles. The third-order valence-electron chi connectivity index (χ3n) is 6.07. The summed E-state index contributed by atoms with van der Waals surface area (Å²) in [6.07, 6.45) is 4.27. The molecule has 2 unspecified atom stereocenters. The number of carbonyl (C=O) groups excluding carboxylic acids is 2. The van der Waals surface area contributed by atoms with E-state index in [-0.39, 0.29) is 23.8 Å². The van der Waals surface area contributed by atoms with E-state index >= 15 is 0 Å². The predicted molar refractivity (Wildman–Crippen MR) is 99.2 cm³/mol. The van der Waals surface area contributed by atoms with E-state index in [1.165, 1.54) is 12.8 Å². The summed E-state index contributed by atoms with van der Waals surface area (Å²) in [6, 6.07) is 3.77. The van der Waals surface area contributed by atoms with E-state index in [2.05, 4.69) is 4.90 Å². The van der Waals surface area contributed by atoms with Gasteiger partial charge in [0.25, 0.3) is 5.91 Å². The molecule has 4 aliphatic rings. The maximum Gasteiger partial charge on any atom is 0.289 e. The second-order valence-corrected chi connectivity index (χ2v) is 7.91. The van der Waals surface area contributed by atoms with E-state index in [0.717, 1.165) is 38.2 Å². The van der Waals surface area contributed by atoms with Crippen LogP contribution in [0.1, 0.15) is 42.0 Å². The van der Waals surface area contributed by atoms with Crippen molar-refractivity contribution in [1.29, 1.82) is 0 Å². The molecule has 27 heavy (non-hydrogen) atoms. The smallest absolute Gasteiger partial charge is 0.289 e. The third-order valence-corrected chi connectivity index (χ3v) is 6.07. The second-order valence-electron chi connectivity index (χ2n) is 7.91. The molecule has 0 radical (unpaired) electrons. The van der Waals surface area contributed by atoms with Gasteiger partial charge in [-0.1, -0.05) is 0 Å². The Balaban J connectivity index is 1.43. The van der Waals surface area contributed by atoms with E-state index in [4.69, 9.17) is 9.15 Å². The number of furan rings is 1. The fourth-order valence-electron chi connectivity index (χ4n) is 4.58. The number of ether oxygens (including phenoxy) is 1. The summed E-state index contributed by atoms with van der Waals surface area (Å²) in [5.74, 6) is 1.19. The average Bonchev–Trinajstić information content (AvgIpc) is 3.27. The zero-order chi connectivity index (χ0) is 18.8. The normalized spacial score (nSPS) is 26.0. The Hall–Kier alpha value is -1.86. The molecule has 1 aromatic rings. The molecule has 4 saturated heterocycles. The number of hydrogen-bond donors (Lipinski definition) is 0. The van der Waals surface area contributed by atoms with Gasteiger partial charge in [-0.15, -0.1) is 0 Å².